The first kappa shape index (κ1) is 27.2. The second-order valence-corrected chi connectivity index (χ2v) is 9.64. The number of carboxylic acids is 1. The Morgan fingerprint density at radius 2 is 1.53 bits per heavy atom. The fourth-order valence-corrected chi connectivity index (χ4v) is 5.07. The molecule has 3 N–H and O–H groups in total. The van der Waals surface area contributed by atoms with Crippen LogP contribution in [0.2, 0.25) is 0 Å². The first-order valence-electron chi connectivity index (χ1n) is 11.4. The Morgan fingerprint density at radius 1 is 1.00 bits per heavy atom. The summed E-state index contributed by atoms with van der Waals surface area (Å²) in [5, 5.41) is 9.31. The topological polar surface area (TPSA) is 97.3 Å². The zero-order valence-electron chi connectivity index (χ0n) is 20.2. The lowest BCUT2D eigenvalue weighted by Gasteiger charge is -2.26. The number of nitrogens with zero attached hydrogens (tertiary/aromatic N) is 4. The Morgan fingerprint density at radius 3 is 2.03 bits per heavy atom. The van der Waals surface area contributed by atoms with E-state index in [-0.39, 0.29) is 0 Å². The average Bonchev–Trinajstić information content (AvgIpc) is 3.26. The minimum absolute atomic E-state index is 0.291. The molecule has 0 saturated heterocycles. The predicted octanol–water partition coefficient (Wildman–Crippen LogP) is 6.15. The smallest absolute Gasteiger partial charge is 0.475 e. The van der Waals surface area contributed by atoms with Crippen LogP contribution in [-0.2, 0) is 24.9 Å². The molecule has 0 bridgehead atoms. The van der Waals surface area contributed by atoms with Crippen LogP contribution in [0.1, 0.15) is 11.1 Å². The van der Waals surface area contributed by atoms with E-state index in [1.807, 2.05) is 12.1 Å². The molecule has 2 aromatic heterocycles. The SMILES string of the molecule is Cn1ccc2c3c(N(Cc4ccccc4)Cc4ccccc4)nc(N)nc3cc(I)c21.O=C(O)C(F)(F)F. The van der Waals surface area contributed by atoms with E-state index in [0.717, 1.165) is 38.8 Å². The zero-order chi connectivity index (χ0) is 27.4. The van der Waals surface area contributed by atoms with E-state index in [1.54, 1.807) is 0 Å². The standard InChI is InChI=1S/C25H22IN5.C2HF3O2/c1-30-13-12-19-22-21(14-20(26)23(19)30)28-25(27)29-24(22)31(15-17-8-4-2-5-9-17)16-18-10-6-3-7-11-18;3-2(4,5)1(6)7/h2-14H,15-16H2,1H3,(H2,27,28,29);(H,6,7). The highest BCUT2D eigenvalue weighted by molar-refractivity contribution is 14.1. The Labute approximate surface area is 229 Å². The molecule has 0 aliphatic heterocycles. The number of fused-ring (bicyclic) bond motifs is 3. The van der Waals surface area contributed by atoms with Crippen molar-refractivity contribution in [1.29, 1.82) is 0 Å². The molecular formula is C27H23F3IN5O2. The van der Waals surface area contributed by atoms with E-state index in [1.165, 1.54) is 16.6 Å². The van der Waals surface area contributed by atoms with Gasteiger partial charge in [-0.1, -0.05) is 60.7 Å². The van der Waals surface area contributed by atoms with Crippen molar-refractivity contribution in [1.82, 2.24) is 14.5 Å². The number of benzene rings is 3. The van der Waals surface area contributed by atoms with E-state index in [0.29, 0.717) is 5.95 Å². The van der Waals surface area contributed by atoms with Crippen molar-refractivity contribution < 1.29 is 23.1 Å². The molecule has 0 aliphatic carbocycles. The zero-order valence-corrected chi connectivity index (χ0v) is 22.3. The molecule has 0 fully saturated rings. The maximum absolute atomic E-state index is 10.6. The molecule has 0 radical (unpaired) electrons. The number of hydrogen-bond donors (Lipinski definition) is 2. The third-order valence-electron chi connectivity index (χ3n) is 5.74. The third-order valence-corrected chi connectivity index (χ3v) is 6.56. The normalized spacial score (nSPS) is 11.3. The van der Waals surface area contributed by atoms with Crippen LogP contribution in [0.3, 0.4) is 0 Å². The minimum atomic E-state index is -5.08. The molecule has 38 heavy (non-hydrogen) atoms. The summed E-state index contributed by atoms with van der Waals surface area (Å²) in [6.45, 7) is 1.45. The highest BCUT2D eigenvalue weighted by atomic mass is 127. The molecule has 5 rings (SSSR count). The molecule has 0 amide bonds. The van der Waals surface area contributed by atoms with E-state index in [9.17, 15) is 13.2 Å². The van der Waals surface area contributed by atoms with Crippen molar-refractivity contribution >= 4 is 62.1 Å². The van der Waals surface area contributed by atoms with Gasteiger partial charge in [-0.25, -0.2) is 9.78 Å². The molecule has 5 aromatic rings. The van der Waals surface area contributed by atoms with Crippen molar-refractivity contribution in [3.63, 3.8) is 0 Å². The van der Waals surface area contributed by atoms with Gasteiger partial charge in [-0.15, -0.1) is 0 Å². The van der Waals surface area contributed by atoms with Crippen molar-refractivity contribution in [2.75, 3.05) is 10.6 Å². The molecule has 0 atom stereocenters. The van der Waals surface area contributed by atoms with Gasteiger partial charge in [0.05, 0.1) is 16.4 Å². The fraction of sp³-hybridized carbons (Fsp3) is 0.148. The monoisotopic (exact) mass is 633 g/mol. The number of halogens is 4. The summed E-state index contributed by atoms with van der Waals surface area (Å²) in [6.07, 6.45) is -2.99. The molecule has 0 saturated carbocycles. The van der Waals surface area contributed by atoms with Crippen LogP contribution in [0.5, 0.6) is 0 Å². The van der Waals surface area contributed by atoms with Gasteiger partial charge in [0.15, 0.2) is 0 Å². The molecule has 2 heterocycles. The summed E-state index contributed by atoms with van der Waals surface area (Å²) >= 11 is 2.37. The molecule has 0 aliphatic rings. The second kappa shape index (κ2) is 11.3. The highest BCUT2D eigenvalue weighted by Crippen LogP contribution is 2.36. The molecule has 0 unspecified atom stereocenters. The van der Waals surface area contributed by atoms with Crippen LogP contribution < -0.4 is 10.6 Å². The molecule has 0 spiro atoms. The van der Waals surface area contributed by atoms with Gasteiger partial charge in [-0.2, -0.15) is 18.2 Å². The number of carboxylic acid groups (broad SMARTS) is 1. The van der Waals surface area contributed by atoms with Crippen LogP contribution >= 0.6 is 22.6 Å². The Hall–Kier alpha value is -3.87. The number of aryl methyl sites for hydroxylation is 1. The number of nitrogen functional groups attached to an aromatic ring is 1. The summed E-state index contributed by atoms with van der Waals surface area (Å²) in [4.78, 5) is 20.5. The van der Waals surface area contributed by atoms with E-state index in [4.69, 9.17) is 20.6 Å². The molecule has 196 valence electrons. The average molecular weight is 633 g/mol. The number of aromatic nitrogens is 3. The first-order valence-corrected chi connectivity index (χ1v) is 12.5. The van der Waals surface area contributed by atoms with Crippen molar-refractivity contribution in [3.05, 3.63) is 93.7 Å². The summed E-state index contributed by atoms with van der Waals surface area (Å²) in [7, 11) is 2.07. The number of alkyl halides is 3. The number of anilines is 2. The van der Waals surface area contributed by atoms with Gasteiger partial charge in [-0.3, -0.25) is 0 Å². The largest absolute Gasteiger partial charge is 0.490 e. The number of nitrogens with two attached hydrogens (primary N) is 1. The summed E-state index contributed by atoms with van der Waals surface area (Å²) in [5.41, 5.74) is 10.7. The van der Waals surface area contributed by atoms with E-state index in [2.05, 4.69) is 111 Å². The lowest BCUT2D eigenvalue weighted by Crippen LogP contribution is -2.24. The lowest BCUT2D eigenvalue weighted by molar-refractivity contribution is -0.192. The van der Waals surface area contributed by atoms with Crippen molar-refractivity contribution in [2.24, 2.45) is 7.05 Å². The molecule has 7 nitrogen and oxygen atoms in total. The minimum Gasteiger partial charge on any atom is -0.475 e. The maximum Gasteiger partial charge on any atom is 0.490 e. The van der Waals surface area contributed by atoms with Gasteiger partial charge >= 0.3 is 12.1 Å². The maximum atomic E-state index is 10.6. The van der Waals surface area contributed by atoms with Gasteiger partial charge in [0.2, 0.25) is 5.95 Å². The Bertz CT molecular complexity index is 1530. The number of hydrogen-bond acceptors (Lipinski definition) is 5. The van der Waals surface area contributed by atoms with E-state index >= 15 is 0 Å². The van der Waals surface area contributed by atoms with Gasteiger partial charge in [0, 0.05) is 35.3 Å². The fourth-order valence-electron chi connectivity index (χ4n) is 4.11. The number of aliphatic carboxylic acids is 1. The number of rotatable bonds is 5. The number of carbonyl (C=O) groups is 1. The Balaban J connectivity index is 0.000000426. The van der Waals surface area contributed by atoms with Crippen LogP contribution in [0.4, 0.5) is 24.9 Å². The summed E-state index contributed by atoms with van der Waals surface area (Å²) < 4.78 is 35.0. The van der Waals surface area contributed by atoms with Crippen LogP contribution in [0.15, 0.2) is 79.0 Å². The third kappa shape index (κ3) is 6.15. The quantitative estimate of drug-likeness (QED) is 0.226. The summed E-state index contributed by atoms with van der Waals surface area (Å²) in [6, 6.07) is 25.2. The summed E-state index contributed by atoms with van der Waals surface area (Å²) in [5.74, 6) is -1.60. The molecule has 11 heteroatoms. The predicted molar refractivity (Wildman–Crippen MR) is 150 cm³/mol. The van der Waals surface area contributed by atoms with Crippen LogP contribution in [0, 0.1) is 3.57 Å². The van der Waals surface area contributed by atoms with Crippen LogP contribution in [0.25, 0.3) is 21.8 Å². The first-order chi connectivity index (χ1) is 18.0. The van der Waals surface area contributed by atoms with Crippen molar-refractivity contribution in [2.45, 2.75) is 19.3 Å². The Kier molecular flexibility index (Phi) is 8.05. The van der Waals surface area contributed by atoms with Gasteiger partial charge < -0.3 is 20.3 Å². The van der Waals surface area contributed by atoms with Gasteiger partial charge in [-0.05, 0) is 45.9 Å². The van der Waals surface area contributed by atoms with Gasteiger partial charge in [0.1, 0.15) is 5.82 Å². The molecular weight excluding hydrogens is 610 g/mol. The molecule has 3 aromatic carbocycles. The van der Waals surface area contributed by atoms with E-state index < -0.39 is 12.1 Å². The van der Waals surface area contributed by atoms with Crippen LogP contribution in [-0.4, -0.2) is 31.8 Å². The lowest BCUT2D eigenvalue weighted by atomic mass is 10.1. The van der Waals surface area contributed by atoms with Crippen molar-refractivity contribution in [3.8, 4) is 0 Å². The second-order valence-electron chi connectivity index (χ2n) is 8.48. The highest BCUT2D eigenvalue weighted by Gasteiger charge is 2.38. The van der Waals surface area contributed by atoms with Gasteiger partial charge in [0.25, 0.3) is 0 Å².